The molecule has 1 unspecified atom stereocenters. The topological polar surface area (TPSA) is 67.5 Å². The molecule has 1 fully saturated rings. The van der Waals surface area contributed by atoms with E-state index in [0.29, 0.717) is 12.3 Å². The van der Waals surface area contributed by atoms with E-state index in [1.807, 2.05) is 13.8 Å². The second kappa shape index (κ2) is 6.03. The Bertz CT molecular complexity index is 703. The minimum absolute atomic E-state index is 0.118. The van der Waals surface area contributed by atoms with Gasteiger partial charge in [0.1, 0.15) is 5.82 Å². The number of non-ortho nitro benzene ring substituents is 1. The van der Waals surface area contributed by atoms with Crippen LogP contribution in [-0.4, -0.2) is 22.0 Å². The summed E-state index contributed by atoms with van der Waals surface area (Å²) in [6.45, 7) is 12.7. The van der Waals surface area contributed by atoms with Crippen molar-refractivity contribution >= 4 is 16.4 Å². The molecule has 2 rings (SSSR count). The SMILES string of the molecule is C=C1N[C@](C)(c2cc([N+](=O)[O-])ccc2F)CS(=NCC)C1(C)C. The van der Waals surface area contributed by atoms with Crippen LogP contribution in [-0.2, 0) is 16.2 Å². The van der Waals surface area contributed by atoms with E-state index in [1.54, 1.807) is 0 Å². The van der Waals surface area contributed by atoms with E-state index < -0.39 is 16.3 Å². The van der Waals surface area contributed by atoms with Gasteiger partial charge in [0.15, 0.2) is 0 Å². The number of hydrogen-bond acceptors (Lipinski definition) is 4. The van der Waals surface area contributed by atoms with Crippen molar-refractivity contribution in [3.63, 3.8) is 0 Å². The van der Waals surface area contributed by atoms with Crippen molar-refractivity contribution in [3.05, 3.63) is 52.0 Å². The summed E-state index contributed by atoms with van der Waals surface area (Å²) in [7, 11) is -0.354. The van der Waals surface area contributed by atoms with E-state index in [0.717, 1.165) is 11.8 Å². The van der Waals surface area contributed by atoms with Gasteiger partial charge >= 0.3 is 0 Å². The average molecular weight is 339 g/mol. The van der Waals surface area contributed by atoms with Crippen LogP contribution in [0.5, 0.6) is 0 Å². The van der Waals surface area contributed by atoms with Crippen LogP contribution in [0, 0.1) is 15.9 Å². The zero-order valence-corrected chi connectivity index (χ0v) is 14.7. The number of nitrogens with one attached hydrogen (secondary N) is 1. The zero-order valence-electron chi connectivity index (χ0n) is 13.9. The Labute approximate surface area is 138 Å². The summed E-state index contributed by atoms with van der Waals surface area (Å²) in [6, 6.07) is 3.64. The van der Waals surface area contributed by atoms with Gasteiger partial charge in [-0.05, 0) is 33.8 Å². The number of rotatable bonds is 3. The monoisotopic (exact) mass is 339 g/mol. The largest absolute Gasteiger partial charge is 0.377 e. The molecule has 1 aliphatic rings. The number of benzene rings is 1. The maximum atomic E-state index is 14.4. The van der Waals surface area contributed by atoms with Gasteiger partial charge in [-0.25, -0.2) is 4.39 Å². The highest BCUT2D eigenvalue weighted by Crippen LogP contribution is 2.38. The van der Waals surface area contributed by atoms with Gasteiger partial charge in [0.25, 0.3) is 5.69 Å². The summed E-state index contributed by atoms with van der Waals surface area (Å²) in [5.41, 5.74) is 0.168. The summed E-state index contributed by atoms with van der Waals surface area (Å²) >= 11 is 0. The van der Waals surface area contributed by atoms with Gasteiger partial charge in [0.2, 0.25) is 0 Å². The fraction of sp³-hybridized carbons (Fsp3) is 0.500. The van der Waals surface area contributed by atoms with Crippen LogP contribution in [0.1, 0.15) is 33.3 Å². The normalized spacial score (nSPS) is 26.8. The lowest BCUT2D eigenvalue weighted by molar-refractivity contribution is -0.385. The molecule has 7 heteroatoms. The molecule has 1 saturated heterocycles. The standard InChI is InChI=1S/C16H22FN3O2S/c1-6-18-23-10-16(5,19-11(2)15(23,3)4)13-9-12(20(21)22)7-8-14(13)17/h7-9,19H,2,6,10H2,1,3-5H3/t16-,23?/m0/s1. The summed E-state index contributed by atoms with van der Waals surface area (Å²) < 4.78 is 18.8. The van der Waals surface area contributed by atoms with Crippen LogP contribution in [0.3, 0.4) is 0 Å². The molecule has 1 N–H and O–H groups in total. The molecule has 5 nitrogen and oxygen atoms in total. The van der Waals surface area contributed by atoms with Crippen LogP contribution in [0.15, 0.2) is 34.8 Å². The van der Waals surface area contributed by atoms with Crippen LogP contribution >= 0.6 is 0 Å². The van der Waals surface area contributed by atoms with Gasteiger partial charge in [-0.2, -0.15) is 0 Å². The van der Waals surface area contributed by atoms with E-state index in [2.05, 4.69) is 30.1 Å². The van der Waals surface area contributed by atoms with Crippen molar-refractivity contribution in [2.45, 2.75) is 38.0 Å². The fourth-order valence-corrected chi connectivity index (χ4v) is 4.87. The second-order valence-electron chi connectivity index (χ2n) is 6.32. The van der Waals surface area contributed by atoms with E-state index in [-0.39, 0.29) is 26.7 Å². The first-order chi connectivity index (χ1) is 10.6. The highest BCUT2D eigenvalue weighted by atomic mass is 32.2. The van der Waals surface area contributed by atoms with Crippen molar-refractivity contribution in [1.82, 2.24) is 5.32 Å². The third-order valence-corrected chi connectivity index (χ3v) is 7.05. The third kappa shape index (κ3) is 3.15. The molecular formula is C16H22FN3O2S. The zero-order chi connectivity index (χ0) is 17.4. The van der Waals surface area contributed by atoms with E-state index >= 15 is 0 Å². The van der Waals surface area contributed by atoms with E-state index in [4.69, 9.17) is 0 Å². The Balaban J connectivity index is 2.54. The molecule has 0 bridgehead atoms. The number of hydrogen-bond donors (Lipinski definition) is 1. The Kier molecular flexibility index (Phi) is 4.61. The molecule has 0 saturated carbocycles. The van der Waals surface area contributed by atoms with E-state index in [9.17, 15) is 14.5 Å². The van der Waals surface area contributed by atoms with E-state index in [1.165, 1.54) is 12.1 Å². The number of nitro groups is 1. The maximum Gasteiger partial charge on any atom is 0.269 e. The quantitative estimate of drug-likeness (QED) is 0.675. The first-order valence-corrected chi connectivity index (χ1v) is 8.77. The molecule has 23 heavy (non-hydrogen) atoms. The lowest BCUT2D eigenvalue weighted by atomic mass is 9.91. The number of nitrogens with zero attached hydrogens (tertiary/aromatic N) is 2. The lowest BCUT2D eigenvalue weighted by Crippen LogP contribution is -2.56. The smallest absolute Gasteiger partial charge is 0.269 e. The molecule has 0 amide bonds. The first-order valence-electron chi connectivity index (χ1n) is 7.42. The Hall–Kier alpha value is -1.76. The number of halogens is 1. The fourth-order valence-electron chi connectivity index (χ4n) is 2.67. The summed E-state index contributed by atoms with van der Waals surface area (Å²) in [5.74, 6) is 0.114. The molecule has 1 aromatic rings. The second-order valence-corrected chi connectivity index (χ2v) is 8.62. The summed E-state index contributed by atoms with van der Waals surface area (Å²) in [6.07, 6.45) is 0. The van der Waals surface area contributed by atoms with Gasteiger partial charge in [0, 0.05) is 35.7 Å². The van der Waals surface area contributed by atoms with Crippen LogP contribution in [0.2, 0.25) is 0 Å². The van der Waals surface area contributed by atoms with Gasteiger partial charge < -0.3 is 5.32 Å². The Morgan fingerprint density at radius 2 is 2.13 bits per heavy atom. The first kappa shape index (κ1) is 17.6. The van der Waals surface area contributed by atoms with Crippen LogP contribution < -0.4 is 5.32 Å². The minimum Gasteiger partial charge on any atom is -0.377 e. The van der Waals surface area contributed by atoms with Gasteiger partial charge in [-0.1, -0.05) is 17.3 Å². The molecule has 1 heterocycles. The molecule has 2 atom stereocenters. The molecule has 1 aromatic carbocycles. The van der Waals surface area contributed by atoms with Gasteiger partial charge in [-0.3, -0.25) is 14.5 Å². The third-order valence-electron chi connectivity index (χ3n) is 4.21. The van der Waals surface area contributed by atoms with Gasteiger partial charge in [0.05, 0.1) is 15.2 Å². The molecule has 0 aromatic heterocycles. The molecule has 0 aliphatic carbocycles. The van der Waals surface area contributed by atoms with Crippen LogP contribution in [0.4, 0.5) is 10.1 Å². The Morgan fingerprint density at radius 1 is 1.48 bits per heavy atom. The predicted molar refractivity (Wildman–Crippen MR) is 92.0 cm³/mol. The van der Waals surface area contributed by atoms with Crippen molar-refractivity contribution in [3.8, 4) is 0 Å². The highest BCUT2D eigenvalue weighted by Gasteiger charge is 2.43. The van der Waals surface area contributed by atoms with Crippen molar-refractivity contribution < 1.29 is 9.31 Å². The molecule has 0 spiro atoms. The average Bonchev–Trinajstić information content (AvgIpc) is 2.45. The van der Waals surface area contributed by atoms with Crippen molar-refractivity contribution in [1.29, 1.82) is 0 Å². The minimum atomic E-state index is -0.773. The number of nitro benzene ring substituents is 1. The molecule has 1 aliphatic heterocycles. The maximum absolute atomic E-state index is 14.4. The van der Waals surface area contributed by atoms with Crippen molar-refractivity contribution in [2.75, 3.05) is 12.3 Å². The van der Waals surface area contributed by atoms with Crippen molar-refractivity contribution in [2.24, 2.45) is 4.36 Å². The lowest BCUT2D eigenvalue weighted by Gasteiger charge is -2.46. The van der Waals surface area contributed by atoms with Crippen LogP contribution in [0.25, 0.3) is 0 Å². The summed E-state index contributed by atoms with van der Waals surface area (Å²) in [5, 5.41) is 14.3. The molecule has 0 radical (unpaired) electrons. The summed E-state index contributed by atoms with van der Waals surface area (Å²) in [4.78, 5) is 10.5. The molecular weight excluding hydrogens is 317 g/mol. The Morgan fingerprint density at radius 3 is 2.70 bits per heavy atom. The predicted octanol–water partition coefficient (Wildman–Crippen LogP) is 3.67. The molecule has 126 valence electrons. The highest BCUT2D eigenvalue weighted by molar-refractivity contribution is 7.89. The van der Waals surface area contributed by atoms with Gasteiger partial charge in [-0.15, -0.1) is 0 Å².